The van der Waals surface area contributed by atoms with Crippen molar-refractivity contribution < 1.29 is 9.53 Å². The van der Waals surface area contributed by atoms with Crippen LogP contribution in [-0.2, 0) is 16.0 Å². The molecule has 2 heterocycles. The van der Waals surface area contributed by atoms with E-state index in [4.69, 9.17) is 10.5 Å². The standard InChI is InChI=1S/C15H20N2O2/c16-13-4-1-5-14-12(13)9-11(15(18)17-14)10-3-2-7-19-8-6-10/h1,4-5,10-11H,2-3,6-9,16H2,(H,17,18). The Hall–Kier alpha value is -1.55. The quantitative estimate of drug-likeness (QED) is 0.761. The van der Waals surface area contributed by atoms with Crippen molar-refractivity contribution in [3.05, 3.63) is 23.8 Å². The van der Waals surface area contributed by atoms with Crippen LogP contribution < -0.4 is 11.1 Å². The van der Waals surface area contributed by atoms with E-state index in [2.05, 4.69) is 5.32 Å². The Kier molecular flexibility index (Phi) is 3.42. The molecule has 2 aliphatic heterocycles. The average molecular weight is 260 g/mol. The monoisotopic (exact) mass is 260 g/mol. The van der Waals surface area contributed by atoms with Gasteiger partial charge in [0.05, 0.1) is 0 Å². The van der Waals surface area contributed by atoms with Crippen LogP contribution in [0.3, 0.4) is 0 Å². The fraction of sp³-hybridized carbons (Fsp3) is 0.533. The summed E-state index contributed by atoms with van der Waals surface area (Å²) in [5.74, 6) is 0.596. The molecule has 0 radical (unpaired) electrons. The van der Waals surface area contributed by atoms with Gasteiger partial charge < -0.3 is 15.8 Å². The number of nitrogens with one attached hydrogen (secondary N) is 1. The fourth-order valence-corrected chi connectivity index (χ4v) is 3.20. The second-order valence-corrected chi connectivity index (χ2v) is 5.48. The summed E-state index contributed by atoms with van der Waals surface area (Å²) < 4.78 is 5.49. The lowest BCUT2D eigenvalue weighted by Crippen LogP contribution is -2.35. The highest BCUT2D eigenvalue weighted by molar-refractivity contribution is 5.97. The second kappa shape index (κ2) is 5.21. The van der Waals surface area contributed by atoms with Gasteiger partial charge in [0.1, 0.15) is 0 Å². The number of anilines is 2. The third kappa shape index (κ3) is 2.45. The molecule has 4 heteroatoms. The zero-order chi connectivity index (χ0) is 13.2. The Balaban J connectivity index is 1.84. The van der Waals surface area contributed by atoms with Gasteiger partial charge in [0.2, 0.25) is 5.91 Å². The molecular weight excluding hydrogens is 240 g/mol. The molecule has 0 saturated carbocycles. The van der Waals surface area contributed by atoms with E-state index in [0.717, 1.165) is 55.8 Å². The number of hydrogen-bond donors (Lipinski definition) is 2. The zero-order valence-corrected chi connectivity index (χ0v) is 11.0. The maximum Gasteiger partial charge on any atom is 0.228 e. The first kappa shape index (κ1) is 12.5. The van der Waals surface area contributed by atoms with E-state index in [1.165, 1.54) is 0 Å². The van der Waals surface area contributed by atoms with E-state index in [1.54, 1.807) is 0 Å². The molecule has 0 aliphatic carbocycles. The Labute approximate surface area is 113 Å². The molecule has 0 bridgehead atoms. The molecule has 2 unspecified atom stereocenters. The molecule has 0 spiro atoms. The summed E-state index contributed by atoms with van der Waals surface area (Å²) in [7, 11) is 0. The normalized spacial score (nSPS) is 27.3. The molecular formula is C15H20N2O2. The maximum absolute atomic E-state index is 12.3. The number of carbonyl (C=O) groups excluding carboxylic acids is 1. The van der Waals surface area contributed by atoms with Gasteiger partial charge >= 0.3 is 0 Å². The van der Waals surface area contributed by atoms with E-state index < -0.39 is 0 Å². The lowest BCUT2D eigenvalue weighted by Gasteiger charge is -2.30. The first-order valence-electron chi connectivity index (χ1n) is 7.01. The fourth-order valence-electron chi connectivity index (χ4n) is 3.20. The highest BCUT2D eigenvalue weighted by atomic mass is 16.5. The smallest absolute Gasteiger partial charge is 0.228 e. The Morgan fingerprint density at radius 1 is 1.26 bits per heavy atom. The molecule has 3 N–H and O–H groups in total. The number of fused-ring (bicyclic) bond motifs is 1. The van der Waals surface area contributed by atoms with Crippen LogP contribution in [0.1, 0.15) is 24.8 Å². The number of ether oxygens (including phenoxy) is 1. The van der Waals surface area contributed by atoms with Gasteiger partial charge in [0.25, 0.3) is 0 Å². The van der Waals surface area contributed by atoms with Crippen LogP contribution >= 0.6 is 0 Å². The largest absolute Gasteiger partial charge is 0.398 e. The lowest BCUT2D eigenvalue weighted by atomic mass is 9.79. The molecule has 2 aliphatic rings. The van der Waals surface area contributed by atoms with E-state index in [-0.39, 0.29) is 11.8 Å². The molecule has 1 fully saturated rings. The SMILES string of the molecule is Nc1cccc2c1CC(C1CCCOCC1)C(=O)N2. The van der Waals surface area contributed by atoms with Crippen molar-refractivity contribution in [3.8, 4) is 0 Å². The van der Waals surface area contributed by atoms with Gasteiger partial charge in [-0.05, 0) is 49.3 Å². The first-order chi connectivity index (χ1) is 9.25. The van der Waals surface area contributed by atoms with Crippen LogP contribution in [-0.4, -0.2) is 19.1 Å². The van der Waals surface area contributed by atoms with Crippen molar-refractivity contribution >= 4 is 17.3 Å². The Morgan fingerprint density at radius 2 is 2.16 bits per heavy atom. The van der Waals surface area contributed by atoms with Crippen LogP contribution in [0.4, 0.5) is 11.4 Å². The van der Waals surface area contributed by atoms with Gasteiger partial charge in [-0.1, -0.05) is 6.07 Å². The van der Waals surface area contributed by atoms with Crippen LogP contribution in [0.5, 0.6) is 0 Å². The third-order valence-corrected chi connectivity index (χ3v) is 4.30. The summed E-state index contributed by atoms with van der Waals surface area (Å²) in [6.07, 6.45) is 3.85. The summed E-state index contributed by atoms with van der Waals surface area (Å²) in [4.78, 5) is 12.3. The second-order valence-electron chi connectivity index (χ2n) is 5.48. The highest BCUT2D eigenvalue weighted by Crippen LogP contribution is 2.36. The lowest BCUT2D eigenvalue weighted by molar-refractivity contribution is -0.122. The summed E-state index contributed by atoms with van der Waals surface area (Å²) in [5, 5.41) is 3.01. The minimum Gasteiger partial charge on any atom is -0.398 e. The van der Waals surface area contributed by atoms with E-state index in [9.17, 15) is 4.79 Å². The average Bonchev–Trinajstić information content (AvgIpc) is 2.67. The number of rotatable bonds is 1. The number of carbonyl (C=O) groups is 1. The number of benzene rings is 1. The number of hydrogen-bond acceptors (Lipinski definition) is 3. The summed E-state index contributed by atoms with van der Waals surface area (Å²) >= 11 is 0. The molecule has 102 valence electrons. The molecule has 1 aromatic carbocycles. The van der Waals surface area contributed by atoms with Crippen molar-refractivity contribution in [1.82, 2.24) is 0 Å². The number of amides is 1. The van der Waals surface area contributed by atoms with E-state index in [1.807, 2.05) is 18.2 Å². The van der Waals surface area contributed by atoms with Gasteiger partial charge in [0.15, 0.2) is 0 Å². The molecule has 1 amide bonds. The van der Waals surface area contributed by atoms with Gasteiger partial charge in [-0.15, -0.1) is 0 Å². The van der Waals surface area contributed by atoms with Crippen molar-refractivity contribution in [1.29, 1.82) is 0 Å². The van der Waals surface area contributed by atoms with Crippen molar-refractivity contribution in [3.63, 3.8) is 0 Å². The van der Waals surface area contributed by atoms with Gasteiger partial charge in [-0.25, -0.2) is 0 Å². The third-order valence-electron chi connectivity index (χ3n) is 4.30. The molecule has 2 atom stereocenters. The topological polar surface area (TPSA) is 64.3 Å². The molecule has 19 heavy (non-hydrogen) atoms. The van der Waals surface area contributed by atoms with Crippen LogP contribution in [0.25, 0.3) is 0 Å². The highest BCUT2D eigenvalue weighted by Gasteiger charge is 2.33. The predicted molar refractivity (Wildman–Crippen MR) is 74.8 cm³/mol. The summed E-state index contributed by atoms with van der Waals surface area (Å²) in [6.45, 7) is 1.59. The van der Waals surface area contributed by atoms with Crippen LogP contribution in [0.15, 0.2) is 18.2 Å². The van der Waals surface area contributed by atoms with Crippen molar-refractivity contribution in [2.24, 2.45) is 11.8 Å². The van der Waals surface area contributed by atoms with Crippen molar-refractivity contribution in [2.45, 2.75) is 25.7 Å². The minimum atomic E-state index is 0.0406. The van der Waals surface area contributed by atoms with Gasteiger partial charge in [-0.3, -0.25) is 4.79 Å². The predicted octanol–water partition coefficient (Wildman–Crippen LogP) is 2.20. The zero-order valence-electron chi connectivity index (χ0n) is 11.0. The van der Waals surface area contributed by atoms with Crippen molar-refractivity contribution in [2.75, 3.05) is 24.3 Å². The summed E-state index contributed by atoms with van der Waals surface area (Å²) in [5.41, 5.74) is 8.79. The maximum atomic E-state index is 12.3. The Morgan fingerprint density at radius 3 is 3.05 bits per heavy atom. The minimum absolute atomic E-state index is 0.0406. The van der Waals surface area contributed by atoms with Crippen LogP contribution in [0, 0.1) is 11.8 Å². The Bertz CT molecular complexity index is 479. The first-order valence-corrected chi connectivity index (χ1v) is 7.01. The molecule has 3 rings (SSSR count). The van der Waals surface area contributed by atoms with Crippen LogP contribution in [0.2, 0.25) is 0 Å². The molecule has 4 nitrogen and oxygen atoms in total. The van der Waals surface area contributed by atoms with E-state index >= 15 is 0 Å². The molecule has 0 aromatic heterocycles. The summed E-state index contributed by atoms with van der Waals surface area (Å²) in [6, 6.07) is 5.72. The molecule has 1 aromatic rings. The van der Waals surface area contributed by atoms with Gasteiger partial charge in [-0.2, -0.15) is 0 Å². The van der Waals surface area contributed by atoms with E-state index in [0.29, 0.717) is 5.92 Å². The molecule has 1 saturated heterocycles. The number of nitrogen functional groups attached to an aromatic ring is 1. The number of nitrogens with two attached hydrogens (primary N) is 1. The van der Waals surface area contributed by atoms with Gasteiger partial charge in [0, 0.05) is 30.5 Å².